The summed E-state index contributed by atoms with van der Waals surface area (Å²) in [7, 11) is 6.92. The summed E-state index contributed by atoms with van der Waals surface area (Å²) in [6, 6.07) is 6.19. The van der Waals surface area contributed by atoms with Gasteiger partial charge in [-0.15, -0.1) is 0 Å². The summed E-state index contributed by atoms with van der Waals surface area (Å²) in [6.07, 6.45) is 0. The number of halogens is 6. The number of nitrogen functional groups attached to an aromatic ring is 1. The van der Waals surface area contributed by atoms with Gasteiger partial charge in [0.1, 0.15) is 17.2 Å². The number of nitrogens with two attached hydrogens (primary N) is 1. The van der Waals surface area contributed by atoms with E-state index in [1.807, 2.05) is 30.9 Å². The zero-order valence-corrected chi connectivity index (χ0v) is 30.5. The van der Waals surface area contributed by atoms with Crippen molar-refractivity contribution in [1.29, 1.82) is 0 Å². The zero-order chi connectivity index (χ0) is 40.3. The van der Waals surface area contributed by atoms with E-state index in [9.17, 15) is 46.6 Å². The van der Waals surface area contributed by atoms with Gasteiger partial charge in [-0.05, 0) is 33.3 Å². The molecule has 0 radical (unpaired) electrons. The first-order valence-electron chi connectivity index (χ1n) is 16.8. The van der Waals surface area contributed by atoms with E-state index in [0.29, 0.717) is 56.7 Å². The topological polar surface area (TPSA) is 152 Å². The molecular weight excluding hydrogens is 728 g/mol. The summed E-state index contributed by atoms with van der Waals surface area (Å²) in [6.45, 7) is 8.66. The molecule has 3 aromatic carbocycles. The van der Waals surface area contributed by atoms with Crippen molar-refractivity contribution in [3.05, 3.63) is 91.5 Å². The lowest BCUT2D eigenvalue weighted by Crippen LogP contribution is -2.44. The SMILES string of the molecule is CN1CCN(c2cc(F)c(N)c(F)c2)CC1.CN1CCN(c2cc(F)c([N+](=O)[O-])c(F)c2)CC1.CN1CCN(c2cc(F)cc(F)c2[N+](=O)[O-])CC1.CO. The van der Waals surface area contributed by atoms with E-state index in [4.69, 9.17) is 10.8 Å². The highest BCUT2D eigenvalue weighted by molar-refractivity contribution is 5.64. The molecule has 0 aromatic heterocycles. The smallest absolute Gasteiger partial charge is 0.340 e. The van der Waals surface area contributed by atoms with Crippen LogP contribution in [0.15, 0.2) is 36.4 Å². The Labute approximate surface area is 308 Å². The molecule has 14 nitrogen and oxygen atoms in total. The molecule has 0 amide bonds. The van der Waals surface area contributed by atoms with E-state index in [0.717, 1.165) is 64.6 Å². The van der Waals surface area contributed by atoms with Gasteiger partial charge in [-0.25, -0.2) is 13.2 Å². The van der Waals surface area contributed by atoms with E-state index in [1.54, 1.807) is 4.90 Å². The molecule has 20 heteroatoms. The van der Waals surface area contributed by atoms with E-state index in [2.05, 4.69) is 14.7 Å². The van der Waals surface area contributed by atoms with E-state index in [-0.39, 0.29) is 5.69 Å². The van der Waals surface area contributed by atoms with Crippen LogP contribution < -0.4 is 20.4 Å². The summed E-state index contributed by atoms with van der Waals surface area (Å²) in [5, 5.41) is 28.3. The van der Waals surface area contributed by atoms with Crippen molar-refractivity contribution < 1.29 is 41.3 Å². The Hall–Kier alpha value is -4.92. The van der Waals surface area contributed by atoms with Crippen molar-refractivity contribution in [2.45, 2.75) is 0 Å². The van der Waals surface area contributed by atoms with Crippen LogP contribution in [0.4, 0.5) is 60.5 Å². The standard InChI is InChI=1S/2C11H13F2N3O2.C11H15F2N3.CH4O/c1-14-2-4-15(5-3-14)8-6-9(12)11(16(17)18)10(13)7-8;1-14-2-4-15(5-3-14)10-7-8(12)6-9(13)11(10)16(17)18;1-15-2-4-16(5-3-15)8-6-9(12)11(14)10(13)7-8;1-2/h2*6-7H,2-5H2,1H3;6-7H,2-5,14H2,1H3;2H,1H3. The summed E-state index contributed by atoms with van der Waals surface area (Å²) >= 11 is 0. The highest BCUT2D eigenvalue weighted by Gasteiger charge is 2.28. The van der Waals surface area contributed by atoms with Crippen LogP contribution in [-0.2, 0) is 0 Å². The molecule has 3 fully saturated rings. The second kappa shape index (κ2) is 20.0. The van der Waals surface area contributed by atoms with E-state index in [1.165, 1.54) is 12.1 Å². The second-order valence-electron chi connectivity index (χ2n) is 12.7. The summed E-state index contributed by atoms with van der Waals surface area (Å²) < 4.78 is 80.2. The van der Waals surface area contributed by atoms with Crippen LogP contribution in [0.5, 0.6) is 0 Å². The third kappa shape index (κ3) is 11.5. The number of nitro groups is 2. The van der Waals surface area contributed by atoms with Crippen molar-refractivity contribution >= 4 is 34.1 Å². The number of aliphatic hydroxyl groups excluding tert-OH is 1. The fourth-order valence-electron chi connectivity index (χ4n) is 5.81. The monoisotopic (exact) mass is 773 g/mol. The summed E-state index contributed by atoms with van der Waals surface area (Å²) in [4.78, 5) is 31.3. The van der Waals surface area contributed by atoms with Crippen LogP contribution in [0.3, 0.4) is 0 Å². The highest BCUT2D eigenvalue weighted by atomic mass is 19.2. The number of nitro benzene ring substituents is 2. The molecule has 3 aromatic rings. The average Bonchev–Trinajstić information content (AvgIpc) is 3.12. The van der Waals surface area contributed by atoms with Crippen molar-refractivity contribution in [3.8, 4) is 0 Å². The molecule has 6 rings (SSSR count). The van der Waals surface area contributed by atoms with Gasteiger partial charge in [0.25, 0.3) is 0 Å². The molecule has 3 saturated heterocycles. The first kappa shape index (κ1) is 43.5. The van der Waals surface area contributed by atoms with E-state index < -0.39 is 61.8 Å². The average molecular weight is 774 g/mol. The van der Waals surface area contributed by atoms with Crippen LogP contribution in [-0.4, -0.2) is 136 Å². The van der Waals surface area contributed by atoms with Gasteiger partial charge in [-0.1, -0.05) is 0 Å². The third-order valence-corrected chi connectivity index (χ3v) is 9.02. The maximum Gasteiger partial charge on any atom is 0.340 e. The minimum Gasteiger partial charge on any atom is -0.400 e. The molecule has 54 heavy (non-hydrogen) atoms. The quantitative estimate of drug-likeness (QED) is 0.166. The number of anilines is 4. The largest absolute Gasteiger partial charge is 0.400 e. The first-order chi connectivity index (χ1) is 25.5. The summed E-state index contributed by atoms with van der Waals surface area (Å²) in [5.74, 6) is -5.56. The number of aliphatic hydroxyl groups is 1. The molecular formula is C34H45F6N9O5. The number of piperazine rings is 3. The fraction of sp³-hybridized carbons (Fsp3) is 0.471. The van der Waals surface area contributed by atoms with Gasteiger partial charge in [-0.3, -0.25) is 20.2 Å². The predicted molar refractivity (Wildman–Crippen MR) is 194 cm³/mol. The number of hydrogen-bond acceptors (Lipinski definition) is 12. The molecule has 3 N–H and O–H groups in total. The lowest BCUT2D eigenvalue weighted by molar-refractivity contribution is -0.390. The molecule has 3 aliphatic rings. The van der Waals surface area contributed by atoms with Crippen LogP contribution >= 0.6 is 0 Å². The van der Waals surface area contributed by atoms with Crippen LogP contribution in [0.2, 0.25) is 0 Å². The molecule has 0 aliphatic carbocycles. The lowest BCUT2D eigenvalue weighted by Gasteiger charge is -2.34. The lowest BCUT2D eigenvalue weighted by atomic mass is 10.2. The highest BCUT2D eigenvalue weighted by Crippen LogP contribution is 2.33. The number of hydrogen-bond donors (Lipinski definition) is 2. The van der Waals surface area contributed by atoms with Gasteiger partial charge in [-0.2, -0.15) is 13.2 Å². The minimum atomic E-state index is -1.13. The van der Waals surface area contributed by atoms with Crippen molar-refractivity contribution in [2.75, 3.05) is 127 Å². The summed E-state index contributed by atoms with van der Waals surface area (Å²) in [5.41, 5.74) is 4.02. The molecule has 298 valence electrons. The Bertz CT molecular complexity index is 1690. The Balaban J connectivity index is 0.000000213. The Morgan fingerprint density at radius 3 is 1.19 bits per heavy atom. The van der Waals surface area contributed by atoms with Crippen LogP contribution in [0, 0.1) is 55.1 Å². The molecule has 0 bridgehead atoms. The van der Waals surface area contributed by atoms with Crippen molar-refractivity contribution in [1.82, 2.24) is 14.7 Å². The second-order valence-corrected chi connectivity index (χ2v) is 12.7. The molecule has 3 heterocycles. The number of rotatable bonds is 5. The predicted octanol–water partition coefficient (Wildman–Crippen LogP) is 4.16. The van der Waals surface area contributed by atoms with Gasteiger partial charge in [0, 0.05) is 121 Å². The first-order valence-corrected chi connectivity index (χ1v) is 16.8. The maximum absolute atomic E-state index is 13.5. The number of likely N-dealkylation sites (N-methyl/N-ethyl adjacent to an activating group) is 3. The van der Waals surface area contributed by atoms with Gasteiger partial charge in [0.15, 0.2) is 11.6 Å². The van der Waals surface area contributed by atoms with E-state index >= 15 is 0 Å². The Morgan fingerprint density at radius 1 is 0.519 bits per heavy atom. The Kier molecular flexibility index (Phi) is 16.1. The maximum atomic E-state index is 13.5. The minimum absolute atomic E-state index is 0.0191. The molecule has 3 aliphatic heterocycles. The third-order valence-electron chi connectivity index (χ3n) is 9.02. The molecule has 0 unspecified atom stereocenters. The van der Waals surface area contributed by atoms with Gasteiger partial charge >= 0.3 is 11.4 Å². The van der Waals surface area contributed by atoms with Crippen LogP contribution in [0.1, 0.15) is 0 Å². The number of benzene rings is 3. The van der Waals surface area contributed by atoms with Crippen molar-refractivity contribution in [3.63, 3.8) is 0 Å². The molecule has 0 spiro atoms. The molecule has 0 atom stereocenters. The Morgan fingerprint density at radius 2 is 0.833 bits per heavy atom. The van der Waals surface area contributed by atoms with Gasteiger partial charge in [0.05, 0.1) is 9.85 Å². The normalized spacial score (nSPS) is 16.7. The zero-order valence-electron chi connectivity index (χ0n) is 30.5. The fourth-order valence-corrected chi connectivity index (χ4v) is 5.81. The van der Waals surface area contributed by atoms with Gasteiger partial charge in [0.2, 0.25) is 17.5 Å². The number of nitrogens with zero attached hydrogens (tertiary/aromatic N) is 8. The molecule has 0 saturated carbocycles. The van der Waals surface area contributed by atoms with Crippen LogP contribution in [0.25, 0.3) is 0 Å². The van der Waals surface area contributed by atoms with Crippen molar-refractivity contribution in [2.24, 2.45) is 0 Å². The van der Waals surface area contributed by atoms with Gasteiger partial charge < -0.3 is 40.2 Å².